The van der Waals surface area contributed by atoms with Crippen molar-refractivity contribution in [1.29, 1.82) is 0 Å². The van der Waals surface area contributed by atoms with E-state index in [0.717, 1.165) is 0 Å². The van der Waals surface area contributed by atoms with Gasteiger partial charge in [0.1, 0.15) is 5.71 Å². The number of urea groups is 1. The molecule has 0 spiro atoms. The summed E-state index contributed by atoms with van der Waals surface area (Å²) >= 11 is 0. The minimum atomic E-state index is -0.986. The fourth-order valence-corrected chi connectivity index (χ4v) is 3.53. The van der Waals surface area contributed by atoms with Crippen LogP contribution >= 0.6 is 0 Å². The molecule has 4 amide bonds. The second kappa shape index (κ2) is 12.1. The second-order valence-electron chi connectivity index (χ2n) is 7.78. The minimum absolute atomic E-state index is 0. The van der Waals surface area contributed by atoms with Crippen LogP contribution in [0.4, 0.5) is 9.59 Å². The van der Waals surface area contributed by atoms with Gasteiger partial charge in [0.05, 0.1) is 11.3 Å². The summed E-state index contributed by atoms with van der Waals surface area (Å²) in [4.78, 5) is 36.1. The Morgan fingerprint density at radius 2 is 1.54 bits per heavy atom. The molecule has 0 saturated heterocycles. The van der Waals surface area contributed by atoms with Gasteiger partial charge in [-0.15, -0.1) is 5.01 Å². The normalized spacial score (nSPS) is 14.7. The van der Waals surface area contributed by atoms with E-state index in [1.807, 2.05) is 12.1 Å². The van der Waals surface area contributed by atoms with Gasteiger partial charge in [-0.05, 0) is 13.0 Å². The molecule has 0 bridgehead atoms. The average Bonchev–Trinajstić information content (AvgIpc) is 3.39. The van der Waals surface area contributed by atoms with Gasteiger partial charge in [-0.2, -0.15) is 14.9 Å². The molecule has 2 heterocycles. The van der Waals surface area contributed by atoms with Crippen LogP contribution in [0.3, 0.4) is 0 Å². The van der Waals surface area contributed by atoms with Gasteiger partial charge in [0.15, 0.2) is 0 Å². The van der Waals surface area contributed by atoms with E-state index in [0.29, 0.717) is 37.8 Å². The van der Waals surface area contributed by atoms with E-state index in [1.165, 1.54) is 12.2 Å². The number of carbonyl (C=O) groups is 3. The summed E-state index contributed by atoms with van der Waals surface area (Å²) in [6.45, 7) is 1.75. The van der Waals surface area contributed by atoms with Crippen LogP contribution < -0.4 is 68.0 Å². The zero-order chi connectivity index (χ0) is 25.8. The molecule has 4 N–H and O–H groups in total. The monoisotopic (exact) mass is 520 g/mol. The molecular formula is C26H21KN6O4. The topological polar surface area (TPSA) is 160 Å². The van der Waals surface area contributed by atoms with Crippen LogP contribution in [0.5, 0.6) is 5.88 Å². The maximum atomic E-state index is 12.7. The van der Waals surface area contributed by atoms with Gasteiger partial charge in [-0.1, -0.05) is 84.5 Å². The van der Waals surface area contributed by atoms with Gasteiger partial charge in [0.25, 0.3) is 5.91 Å². The number of primary amides is 2. The van der Waals surface area contributed by atoms with Gasteiger partial charge in [0, 0.05) is 22.6 Å². The molecule has 11 heteroatoms. The number of hydrazone groups is 1. The molecule has 37 heavy (non-hydrogen) atoms. The largest absolute Gasteiger partial charge is 1.00 e. The molecule has 0 saturated carbocycles. The van der Waals surface area contributed by atoms with Gasteiger partial charge < -0.3 is 16.6 Å². The van der Waals surface area contributed by atoms with Crippen LogP contribution in [0.25, 0.3) is 17.3 Å². The molecule has 180 valence electrons. The van der Waals surface area contributed by atoms with Gasteiger partial charge in [-0.3, -0.25) is 4.79 Å². The van der Waals surface area contributed by atoms with Crippen LogP contribution in [0, 0.1) is 0 Å². The van der Waals surface area contributed by atoms with Crippen molar-refractivity contribution < 1.29 is 70.9 Å². The third kappa shape index (κ3) is 6.04. The van der Waals surface area contributed by atoms with Crippen molar-refractivity contribution in [2.45, 2.75) is 6.92 Å². The third-order valence-electron chi connectivity index (χ3n) is 5.29. The summed E-state index contributed by atoms with van der Waals surface area (Å²) in [6.07, 6.45) is 6.33. The molecule has 10 nitrogen and oxygen atoms in total. The van der Waals surface area contributed by atoms with Gasteiger partial charge in [-0.25, -0.2) is 9.59 Å². The fourth-order valence-electron chi connectivity index (χ4n) is 3.53. The van der Waals surface area contributed by atoms with Crippen molar-refractivity contribution in [2.75, 3.05) is 0 Å². The molecule has 1 aliphatic heterocycles. The number of hydrogen-bond donors (Lipinski definition) is 2. The molecule has 1 aromatic heterocycles. The molecule has 0 unspecified atom stereocenters. The molecule has 0 fully saturated rings. The Kier molecular flexibility index (Phi) is 9.13. The first-order valence-electron chi connectivity index (χ1n) is 10.8. The number of nitrogens with zero attached hydrogens (tertiary/aromatic N) is 4. The number of allylic oxidation sites excluding steroid dienone is 4. The number of benzene rings is 2. The zero-order valence-electron chi connectivity index (χ0n) is 20.2. The van der Waals surface area contributed by atoms with Crippen LogP contribution in [0.15, 0.2) is 95.1 Å². The van der Waals surface area contributed by atoms with Crippen LogP contribution in [-0.2, 0) is 4.79 Å². The van der Waals surface area contributed by atoms with Crippen molar-refractivity contribution in [3.05, 3.63) is 101 Å². The summed E-state index contributed by atoms with van der Waals surface area (Å²) in [5, 5.41) is 21.5. The Morgan fingerprint density at radius 1 is 0.946 bits per heavy atom. The Morgan fingerprint density at radius 3 is 2.11 bits per heavy atom. The number of imide groups is 1. The average molecular weight is 521 g/mol. The summed E-state index contributed by atoms with van der Waals surface area (Å²) in [5.41, 5.74) is 13.5. The van der Waals surface area contributed by atoms with E-state index in [2.05, 4.69) is 10.2 Å². The number of aromatic nitrogens is 2. The Balaban J connectivity index is 0.00000380. The molecule has 3 aromatic rings. The first-order chi connectivity index (χ1) is 17.3. The molecule has 0 aliphatic carbocycles. The van der Waals surface area contributed by atoms with Crippen molar-refractivity contribution in [2.24, 2.45) is 16.6 Å². The van der Waals surface area contributed by atoms with Crippen LogP contribution in [0.1, 0.15) is 18.1 Å². The number of amides is 4. The predicted octanol–water partition coefficient (Wildman–Crippen LogP) is -0.234. The number of hydrogen-bond acceptors (Lipinski definition) is 6. The summed E-state index contributed by atoms with van der Waals surface area (Å²) in [7, 11) is 0. The first kappa shape index (κ1) is 28.0. The summed E-state index contributed by atoms with van der Waals surface area (Å²) in [6, 6.07) is 15.9. The Labute approximate surface area is 255 Å². The Bertz CT molecular complexity index is 1470. The van der Waals surface area contributed by atoms with Crippen LogP contribution in [-0.4, -0.2) is 38.5 Å². The third-order valence-corrected chi connectivity index (χ3v) is 5.29. The molecule has 0 radical (unpaired) electrons. The fraction of sp³-hybridized carbons (Fsp3) is 0.0385. The summed E-state index contributed by atoms with van der Waals surface area (Å²) < 4.78 is 0.612. The van der Waals surface area contributed by atoms with E-state index in [-0.39, 0.29) is 62.5 Å². The molecule has 4 rings (SSSR count). The van der Waals surface area contributed by atoms with Crippen molar-refractivity contribution in [1.82, 2.24) is 14.8 Å². The molecule has 1 aliphatic rings. The zero-order valence-corrected chi connectivity index (χ0v) is 23.3. The first-order valence-corrected chi connectivity index (χ1v) is 10.8. The van der Waals surface area contributed by atoms with Crippen molar-refractivity contribution >= 4 is 29.8 Å². The number of carbonyl (C=O) groups excluding carboxylic acids is 3. The van der Waals surface area contributed by atoms with E-state index >= 15 is 0 Å². The SMILES string of the molecule is CC(C=Cc1c(-c2ccccc2)nn(C(N)=O)c1[O-])=CC=C1C(=O)N(C(N)=O)N=C1c1ccccc1.[K+]. The van der Waals surface area contributed by atoms with E-state index in [9.17, 15) is 19.5 Å². The van der Waals surface area contributed by atoms with Crippen molar-refractivity contribution in [3.63, 3.8) is 0 Å². The van der Waals surface area contributed by atoms with Gasteiger partial charge >= 0.3 is 63.4 Å². The standard InChI is InChI=1S/C26H22N6O4.K/c1-16(12-14-19-21(17-8-4-2-5-9-17)29-31(23(19)33)25(27)35)13-15-20-22(18-10-6-3-7-11-18)30-32(24(20)34)26(28)36;/h2-15,33H,1H3,(H2,27,35)(H2,28,36);/q;+1/p-1. The van der Waals surface area contributed by atoms with E-state index in [1.54, 1.807) is 67.6 Å². The number of nitrogens with two attached hydrogens (primary N) is 2. The Hall–Kier alpha value is -3.61. The van der Waals surface area contributed by atoms with E-state index < -0.39 is 23.8 Å². The molecular weight excluding hydrogens is 499 g/mol. The van der Waals surface area contributed by atoms with Crippen molar-refractivity contribution in [3.8, 4) is 17.1 Å². The van der Waals surface area contributed by atoms with Gasteiger partial charge in [0.2, 0.25) is 0 Å². The summed E-state index contributed by atoms with van der Waals surface area (Å²) in [5.74, 6) is -1.30. The number of rotatable bonds is 5. The quantitative estimate of drug-likeness (QED) is 0.270. The predicted molar refractivity (Wildman–Crippen MR) is 132 cm³/mol. The maximum Gasteiger partial charge on any atom is 1.00 e. The second-order valence-corrected chi connectivity index (χ2v) is 7.78. The minimum Gasteiger partial charge on any atom is -0.858 e. The van der Waals surface area contributed by atoms with E-state index in [4.69, 9.17) is 11.5 Å². The maximum absolute atomic E-state index is 12.7. The van der Waals surface area contributed by atoms with Crippen LogP contribution in [0.2, 0.25) is 0 Å². The molecule has 0 atom stereocenters. The molecule has 2 aromatic carbocycles. The smallest absolute Gasteiger partial charge is 0.858 e.